The van der Waals surface area contributed by atoms with Gasteiger partial charge in [0.2, 0.25) is 0 Å². The minimum atomic E-state index is -3.86. The Bertz CT molecular complexity index is 458. The SMILES string of the molecule is CCCc1nnc(S(=O)(=O)Cl)n1CCOCC. The molecule has 0 aliphatic heterocycles. The Labute approximate surface area is 105 Å². The normalized spacial score (nSPS) is 11.9. The van der Waals surface area contributed by atoms with E-state index in [0.29, 0.717) is 32.0 Å². The summed E-state index contributed by atoms with van der Waals surface area (Å²) >= 11 is 0. The van der Waals surface area contributed by atoms with Crippen LogP contribution >= 0.6 is 10.7 Å². The van der Waals surface area contributed by atoms with E-state index in [9.17, 15) is 8.42 Å². The van der Waals surface area contributed by atoms with Gasteiger partial charge in [-0.15, -0.1) is 10.2 Å². The second kappa shape index (κ2) is 6.32. The molecule has 0 N–H and O–H groups in total. The fraction of sp³-hybridized carbons (Fsp3) is 0.778. The maximum Gasteiger partial charge on any atom is 0.296 e. The van der Waals surface area contributed by atoms with Gasteiger partial charge in [0.1, 0.15) is 5.82 Å². The van der Waals surface area contributed by atoms with Gasteiger partial charge >= 0.3 is 0 Å². The van der Waals surface area contributed by atoms with Crippen molar-refractivity contribution in [2.45, 2.75) is 38.4 Å². The van der Waals surface area contributed by atoms with E-state index in [0.717, 1.165) is 6.42 Å². The summed E-state index contributed by atoms with van der Waals surface area (Å²) in [4.78, 5) is 0. The summed E-state index contributed by atoms with van der Waals surface area (Å²) in [6.07, 6.45) is 1.51. The van der Waals surface area contributed by atoms with Gasteiger partial charge in [-0.25, -0.2) is 8.42 Å². The number of nitrogens with zero attached hydrogens (tertiary/aromatic N) is 3. The number of ether oxygens (including phenoxy) is 1. The molecule has 0 spiro atoms. The highest BCUT2D eigenvalue weighted by molar-refractivity contribution is 8.13. The van der Waals surface area contributed by atoms with E-state index in [4.69, 9.17) is 15.4 Å². The molecule has 0 unspecified atom stereocenters. The summed E-state index contributed by atoms with van der Waals surface area (Å²) in [6, 6.07) is 0. The molecular formula is C9H16ClN3O3S. The highest BCUT2D eigenvalue weighted by atomic mass is 35.7. The Morgan fingerprint density at radius 2 is 2.06 bits per heavy atom. The van der Waals surface area contributed by atoms with Crippen molar-refractivity contribution in [3.05, 3.63) is 5.82 Å². The molecule has 0 aliphatic rings. The quantitative estimate of drug-likeness (QED) is 0.554. The maximum absolute atomic E-state index is 11.3. The lowest BCUT2D eigenvalue weighted by Gasteiger charge is -2.08. The first-order chi connectivity index (χ1) is 8.00. The molecule has 98 valence electrons. The molecule has 1 aromatic heterocycles. The summed E-state index contributed by atoms with van der Waals surface area (Å²) in [7, 11) is 1.44. The highest BCUT2D eigenvalue weighted by Gasteiger charge is 2.21. The zero-order valence-corrected chi connectivity index (χ0v) is 11.5. The number of rotatable bonds is 7. The van der Waals surface area contributed by atoms with E-state index in [1.807, 2.05) is 13.8 Å². The van der Waals surface area contributed by atoms with Gasteiger partial charge < -0.3 is 4.74 Å². The lowest BCUT2D eigenvalue weighted by atomic mass is 10.3. The van der Waals surface area contributed by atoms with Gasteiger partial charge in [0, 0.05) is 30.3 Å². The molecule has 1 aromatic rings. The summed E-state index contributed by atoms with van der Waals surface area (Å²) < 4.78 is 29.3. The lowest BCUT2D eigenvalue weighted by Crippen LogP contribution is -2.13. The van der Waals surface area contributed by atoms with E-state index < -0.39 is 9.05 Å². The summed E-state index contributed by atoms with van der Waals surface area (Å²) in [5.74, 6) is 0.617. The summed E-state index contributed by atoms with van der Waals surface area (Å²) in [5, 5.41) is 7.26. The molecule has 0 fully saturated rings. The van der Waals surface area contributed by atoms with Gasteiger partial charge in [-0.05, 0) is 13.3 Å². The average Bonchev–Trinajstić information content (AvgIpc) is 2.62. The number of hydrogen-bond acceptors (Lipinski definition) is 5. The number of aromatic nitrogens is 3. The second-order valence-electron chi connectivity index (χ2n) is 3.44. The Morgan fingerprint density at radius 3 is 2.59 bits per heavy atom. The fourth-order valence-corrected chi connectivity index (χ4v) is 2.37. The van der Waals surface area contributed by atoms with Crippen molar-refractivity contribution in [1.82, 2.24) is 14.8 Å². The largest absolute Gasteiger partial charge is 0.380 e. The molecule has 0 aliphatic carbocycles. The van der Waals surface area contributed by atoms with Crippen LogP contribution in [0.1, 0.15) is 26.1 Å². The van der Waals surface area contributed by atoms with Crippen molar-refractivity contribution in [2.75, 3.05) is 13.2 Å². The second-order valence-corrected chi connectivity index (χ2v) is 5.89. The third-order valence-electron chi connectivity index (χ3n) is 2.15. The standard InChI is InChI=1S/C9H16ClN3O3S/c1-3-5-8-11-12-9(17(10,14)15)13(8)6-7-16-4-2/h3-7H2,1-2H3. The van der Waals surface area contributed by atoms with Crippen LogP contribution in [0.4, 0.5) is 0 Å². The minimum Gasteiger partial charge on any atom is -0.380 e. The molecule has 17 heavy (non-hydrogen) atoms. The van der Waals surface area contributed by atoms with Crippen LogP contribution in [0.15, 0.2) is 5.16 Å². The van der Waals surface area contributed by atoms with Crippen LogP contribution in [0.2, 0.25) is 0 Å². The van der Waals surface area contributed by atoms with Crippen molar-refractivity contribution in [1.29, 1.82) is 0 Å². The Balaban J connectivity index is 2.98. The molecule has 0 atom stereocenters. The molecule has 0 bridgehead atoms. The van der Waals surface area contributed by atoms with Gasteiger partial charge in [0.25, 0.3) is 14.2 Å². The van der Waals surface area contributed by atoms with Gasteiger partial charge in [0.05, 0.1) is 6.61 Å². The molecule has 0 aromatic carbocycles. The first-order valence-corrected chi connectivity index (χ1v) is 7.76. The summed E-state index contributed by atoms with van der Waals surface area (Å²) in [6.45, 7) is 5.23. The molecule has 8 heteroatoms. The molecule has 0 amide bonds. The van der Waals surface area contributed by atoms with Crippen molar-refractivity contribution in [3.63, 3.8) is 0 Å². The molecule has 1 rings (SSSR count). The van der Waals surface area contributed by atoms with E-state index >= 15 is 0 Å². The average molecular weight is 282 g/mol. The zero-order chi connectivity index (χ0) is 12.9. The van der Waals surface area contributed by atoms with Crippen LogP contribution in [0.5, 0.6) is 0 Å². The molecular weight excluding hydrogens is 266 g/mol. The minimum absolute atomic E-state index is 0.206. The van der Waals surface area contributed by atoms with Crippen LogP contribution < -0.4 is 0 Å². The third-order valence-corrected chi connectivity index (χ3v) is 3.30. The monoisotopic (exact) mass is 281 g/mol. The van der Waals surface area contributed by atoms with E-state index in [1.165, 1.54) is 4.57 Å². The highest BCUT2D eigenvalue weighted by Crippen LogP contribution is 2.14. The zero-order valence-electron chi connectivity index (χ0n) is 9.89. The van der Waals surface area contributed by atoms with Gasteiger partial charge in [-0.3, -0.25) is 4.57 Å². The third kappa shape index (κ3) is 3.93. The number of hydrogen-bond donors (Lipinski definition) is 0. The molecule has 0 radical (unpaired) electrons. The lowest BCUT2D eigenvalue weighted by molar-refractivity contribution is 0.136. The van der Waals surface area contributed by atoms with E-state index in [2.05, 4.69) is 10.2 Å². The predicted octanol–water partition coefficient (Wildman–Crippen LogP) is 1.19. The molecule has 0 saturated carbocycles. The van der Waals surface area contributed by atoms with Gasteiger partial charge in [-0.2, -0.15) is 0 Å². The predicted molar refractivity (Wildman–Crippen MR) is 63.5 cm³/mol. The van der Waals surface area contributed by atoms with Crippen molar-refractivity contribution in [2.24, 2.45) is 0 Å². The fourth-order valence-electron chi connectivity index (χ4n) is 1.43. The smallest absolute Gasteiger partial charge is 0.296 e. The van der Waals surface area contributed by atoms with Crippen molar-refractivity contribution >= 4 is 19.7 Å². The van der Waals surface area contributed by atoms with Crippen LogP contribution in [-0.2, 0) is 26.8 Å². The molecule has 6 nitrogen and oxygen atoms in total. The van der Waals surface area contributed by atoms with E-state index in [-0.39, 0.29) is 5.16 Å². The topological polar surface area (TPSA) is 74.1 Å². The van der Waals surface area contributed by atoms with Gasteiger partial charge in [0.15, 0.2) is 0 Å². The van der Waals surface area contributed by atoms with Crippen LogP contribution in [0, 0.1) is 0 Å². The Morgan fingerprint density at radius 1 is 1.35 bits per heavy atom. The van der Waals surface area contributed by atoms with Crippen LogP contribution in [0.25, 0.3) is 0 Å². The Kier molecular flexibility index (Phi) is 5.35. The molecule has 1 heterocycles. The number of halogens is 1. The number of aryl methyl sites for hydroxylation is 1. The van der Waals surface area contributed by atoms with Gasteiger partial charge in [-0.1, -0.05) is 6.92 Å². The first-order valence-electron chi connectivity index (χ1n) is 5.45. The van der Waals surface area contributed by atoms with Crippen LogP contribution in [0.3, 0.4) is 0 Å². The van der Waals surface area contributed by atoms with Crippen LogP contribution in [-0.4, -0.2) is 36.4 Å². The van der Waals surface area contributed by atoms with Crippen molar-refractivity contribution in [3.8, 4) is 0 Å². The maximum atomic E-state index is 11.3. The summed E-state index contributed by atoms with van der Waals surface area (Å²) in [5.41, 5.74) is 0. The van der Waals surface area contributed by atoms with E-state index in [1.54, 1.807) is 0 Å². The van der Waals surface area contributed by atoms with Crippen molar-refractivity contribution < 1.29 is 13.2 Å². The molecule has 0 saturated heterocycles. The first kappa shape index (κ1) is 14.4. The Hall–Kier alpha value is -0.660.